The molecule has 146 valence electrons. The van der Waals surface area contributed by atoms with Gasteiger partial charge in [-0.05, 0) is 61.8 Å². The van der Waals surface area contributed by atoms with E-state index in [-0.39, 0.29) is 0 Å². The monoisotopic (exact) mass is 386 g/mol. The molecule has 4 heterocycles. The van der Waals surface area contributed by atoms with Gasteiger partial charge < -0.3 is 19.5 Å². The summed E-state index contributed by atoms with van der Waals surface area (Å²) in [5, 5.41) is 5.71. The van der Waals surface area contributed by atoms with Gasteiger partial charge in [0.1, 0.15) is 5.76 Å². The number of furan rings is 1. The Morgan fingerprint density at radius 2 is 2.15 bits per heavy atom. The minimum Gasteiger partial charge on any atom is -0.469 e. The molecule has 2 saturated heterocycles. The largest absolute Gasteiger partial charge is 0.469 e. The fourth-order valence-corrected chi connectivity index (χ4v) is 4.71. The van der Waals surface area contributed by atoms with Crippen LogP contribution in [0.25, 0.3) is 0 Å². The molecule has 2 fully saturated rings. The molecule has 2 aliphatic rings. The van der Waals surface area contributed by atoms with Gasteiger partial charge in [-0.1, -0.05) is 6.07 Å². The van der Waals surface area contributed by atoms with Crippen LogP contribution in [0.15, 0.2) is 45.3 Å². The second-order valence-corrected chi connectivity index (χ2v) is 8.62. The maximum absolute atomic E-state index is 5.45. The van der Waals surface area contributed by atoms with Gasteiger partial charge in [-0.25, -0.2) is 4.99 Å². The quantitative estimate of drug-likeness (QED) is 0.585. The Morgan fingerprint density at radius 3 is 2.93 bits per heavy atom. The summed E-state index contributed by atoms with van der Waals surface area (Å²) in [7, 11) is 0. The Kier molecular flexibility index (Phi) is 6.48. The highest BCUT2D eigenvalue weighted by Gasteiger charge is 2.27. The van der Waals surface area contributed by atoms with E-state index in [0.29, 0.717) is 0 Å². The zero-order valence-electron chi connectivity index (χ0n) is 16.0. The fourth-order valence-electron chi connectivity index (χ4n) is 4.08. The van der Waals surface area contributed by atoms with Crippen LogP contribution >= 0.6 is 11.3 Å². The second kappa shape index (κ2) is 9.42. The van der Waals surface area contributed by atoms with Crippen LogP contribution < -0.4 is 5.32 Å². The molecule has 0 radical (unpaired) electrons. The lowest BCUT2D eigenvalue weighted by Gasteiger charge is -2.23. The third-order valence-corrected chi connectivity index (χ3v) is 6.36. The molecule has 27 heavy (non-hydrogen) atoms. The van der Waals surface area contributed by atoms with Crippen molar-refractivity contribution in [2.24, 2.45) is 10.9 Å². The summed E-state index contributed by atoms with van der Waals surface area (Å²) < 4.78 is 5.45. The first-order valence-corrected chi connectivity index (χ1v) is 11.0. The summed E-state index contributed by atoms with van der Waals surface area (Å²) in [6, 6.07) is 8.24. The van der Waals surface area contributed by atoms with Crippen LogP contribution in [0.1, 0.15) is 29.9 Å². The molecule has 2 aliphatic heterocycles. The lowest BCUT2D eigenvalue weighted by Crippen LogP contribution is -2.41. The molecule has 1 atom stereocenters. The highest BCUT2D eigenvalue weighted by Crippen LogP contribution is 2.20. The van der Waals surface area contributed by atoms with Crippen molar-refractivity contribution in [2.45, 2.75) is 32.2 Å². The topological polar surface area (TPSA) is 44.0 Å². The number of hydrogen-bond acceptors (Lipinski definition) is 4. The molecule has 0 spiro atoms. The normalized spacial score (nSPS) is 21.3. The smallest absolute Gasteiger partial charge is 0.194 e. The molecular formula is C21H30N4OS. The number of nitrogens with zero attached hydrogens (tertiary/aromatic N) is 3. The summed E-state index contributed by atoms with van der Waals surface area (Å²) in [5.74, 6) is 2.84. The van der Waals surface area contributed by atoms with Gasteiger partial charge in [0.25, 0.3) is 0 Å². The van der Waals surface area contributed by atoms with Crippen LogP contribution in [0.4, 0.5) is 0 Å². The highest BCUT2D eigenvalue weighted by atomic mass is 32.1. The van der Waals surface area contributed by atoms with E-state index in [2.05, 4.69) is 32.6 Å². The molecule has 0 saturated carbocycles. The first kappa shape index (κ1) is 18.6. The van der Waals surface area contributed by atoms with Crippen molar-refractivity contribution < 1.29 is 4.42 Å². The van der Waals surface area contributed by atoms with Crippen LogP contribution in [0.5, 0.6) is 0 Å². The van der Waals surface area contributed by atoms with Gasteiger partial charge in [0.2, 0.25) is 0 Å². The van der Waals surface area contributed by atoms with Gasteiger partial charge in [0, 0.05) is 37.5 Å². The number of likely N-dealkylation sites (tertiary alicyclic amines) is 2. The Balaban J connectivity index is 1.33. The van der Waals surface area contributed by atoms with Gasteiger partial charge in [-0.3, -0.25) is 0 Å². The van der Waals surface area contributed by atoms with Gasteiger partial charge in [0.05, 0.1) is 12.8 Å². The first-order chi connectivity index (χ1) is 13.4. The molecule has 1 unspecified atom stereocenters. The SMILES string of the molecule is c1coc(CCNC(=NCc2cccs2)N2CCC(CN3CCCC3)C2)c1. The summed E-state index contributed by atoms with van der Waals surface area (Å²) in [6.45, 7) is 7.66. The number of hydrogen-bond donors (Lipinski definition) is 1. The number of nitrogens with one attached hydrogen (secondary N) is 1. The van der Waals surface area contributed by atoms with E-state index in [1.165, 1.54) is 43.8 Å². The predicted octanol–water partition coefficient (Wildman–Crippen LogP) is 3.45. The maximum atomic E-state index is 5.45. The van der Waals surface area contributed by atoms with Crippen LogP contribution in [0, 0.1) is 5.92 Å². The highest BCUT2D eigenvalue weighted by molar-refractivity contribution is 7.09. The van der Waals surface area contributed by atoms with Crippen LogP contribution in [-0.2, 0) is 13.0 Å². The number of rotatable bonds is 7. The molecule has 0 aromatic carbocycles. The minimum absolute atomic E-state index is 0.758. The molecule has 5 nitrogen and oxygen atoms in total. The van der Waals surface area contributed by atoms with Crippen molar-refractivity contribution in [1.29, 1.82) is 0 Å². The van der Waals surface area contributed by atoms with Crippen LogP contribution in [0.2, 0.25) is 0 Å². The molecule has 0 bridgehead atoms. The average Bonchev–Trinajstić information content (AvgIpc) is 3.47. The van der Waals surface area contributed by atoms with Crippen molar-refractivity contribution in [2.75, 3.05) is 39.3 Å². The molecule has 4 rings (SSSR count). The lowest BCUT2D eigenvalue weighted by molar-refractivity contribution is 0.281. The summed E-state index contributed by atoms with van der Waals surface area (Å²) in [4.78, 5) is 11.3. The van der Waals surface area contributed by atoms with Gasteiger partial charge in [-0.15, -0.1) is 11.3 Å². The van der Waals surface area contributed by atoms with E-state index in [9.17, 15) is 0 Å². The van der Waals surface area contributed by atoms with Gasteiger partial charge >= 0.3 is 0 Å². The van der Waals surface area contributed by atoms with Crippen LogP contribution in [0.3, 0.4) is 0 Å². The van der Waals surface area contributed by atoms with Crippen molar-refractivity contribution in [3.8, 4) is 0 Å². The zero-order chi connectivity index (χ0) is 18.3. The molecule has 1 N–H and O–H groups in total. The maximum Gasteiger partial charge on any atom is 0.194 e. The van der Waals surface area contributed by atoms with E-state index < -0.39 is 0 Å². The molecule has 0 aliphatic carbocycles. The lowest BCUT2D eigenvalue weighted by atomic mass is 10.1. The Hall–Kier alpha value is -1.79. The van der Waals surface area contributed by atoms with E-state index >= 15 is 0 Å². The van der Waals surface area contributed by atoms with Gasteiger partial charge in [-0.2, -0.15) is 0 Å². The molecule has 2 aromatic heterocycles. The number of thiophene rings is 1. The summed E-state index contributed by atoms with van der Waals surface area (Å²) in [5.41, 5.74) is 0. The van der Waals surface area contributed by atoms with Crippen molar-refractivity contribution in [3.05, 3.63) is 46.5 Å². The summed E-state index contributed by atoms with van der Waals surface area (Å²) in [6.07, 6.45) is 6.64. The molecular weight excluding hydrogens is 356 g/mol. The Labute approximate surface area is 166 Å². The molecule has 2 aromatic rings. The van der Waals surface area contributed by atoms with E-state index in [0.717, 1.165) is 50.2 Å². The minimum atomic E-state index is 0.758. The average molecular weight is 387 g/mol. The standard InChI is InChI=1S/C21H30N4OS/c1-2-11-24(10-1)16-18-8-12-25(17-18)21(23-15-20-6-4-14-27-20)22-9-7-19-5-3-13-26-19/h3-6,13-14,18H,1-2,7-12,15-17H2,(H,22,23). The van der Waals surface area contributed by atoms with Crippen LogP contribution in [-0.4, -0.2) is 55.0 Å². The molecule has 6 heteroatoms. The third-order valence-electron chi connectivity index (χ3n) is 5.50. The van der Waals surface area contributed by atoms with Crippen molar-refractivity contribution in [3.63, 3.8) is 0 Å². The zero-order valence-corrected chi connectivity index (χ0v) is 16.8. The number of aliphatic imine (C=N–C) groups is 1. The second-order valence-electron chi connectivity index (χ2n) is 7.58. The summed E-state index contributed by atoms with van der Waals surface area (Å²) >= 11 is 1.78. The van der Waals surface area contributed by atoms with E-state index in [4.69, 9.17) is 9.41 Å². The Morgan fingerprint density at radius 1 is 1.22 bits per heavy atom. The van der Waals surface area contributed by atoms with E-state index in [1.807, 2.05) is 12.1 Å². The van der Waals surface area contributed by atoms with Crippen molar-refractivity contribution >= 4 is 17.3 Å². The molecule has 0 amide bonds. The Bertz CT molecular complexity index is 692. The number of guanidine groups is 1. The fraction of sp³-hybridized carbons (Fsp3) is 0.571. The first-order valence-electron chi connectivity index (χ1n) is 10.2. The van der Waals surface area contributed by atoms with Crippen molar-refractivity contribution in [1.82, 2.24) is 15.1 Å². The van der Waals surface area contributed by atoms with Gasteiger partial charge in [0.15, 0.2) is 5.96 Å². The predicted molar refractivity (Wildman–Crippen MR) is 111 cm³/mol. The third kappa shape index (κ3) is 5.36. The van der Waals surface area contributed by atoms with E-state index in [1.54, 1.807) is 17.6 Å².